The standard InChI is InChI=1S/C15H22BrClN2/c1-11(2)8-15(5-3-4-6-15)10-19-14-13(16)7-12(17)9-18-14/h7,9,11H,3-6,8,10H2,1-2H3,(H,18,19). The molecule has 0 bridgehead atoms. The van der Waals surface area contributed by atoms with Crippen LogP contribution < -0.4 is 5.32 Å². The average molecular weight is 346 g/mol. The molecule has 1 heterocycles. The molecule has 1 saturated carbocycles. The Labute approximate surface area is 129 Å². The molecule has 0 aliphatic heterocycles. The lowest BCUT2D eigenvalue weighted by atomic mass is 9.78. The summed E-state index contributed by atoms with van der Waals surface area (Å²) < 4.78 is 0.942. The summed E-state index contributed by atoms with van der Waals surface area (Å²) in [7, 11) is 0. The summed E-state index contributed by atoms with van der Waals surface area (Å²) in [5, 5.41) is 4.17. The fourth-order valence-electron chi connectivity index (χ4n) is 3.26. The van der Waals surface area contributed by atoms with Crippen molar-refractivity contribution in [2.24, 2.45) is 11.3 Å². The number of nitrogens with one attached hydrogen (secondary N) is 1. The molecule has 0 amide bonds. The van der Waals surface area contributed by atoms with Gasteiger partial charge in [0.2, 0.25) is 0 Å². The molecule has 2 nitrogen and oxygen atoms in total. The molecule has 0 atom stereocenters. The van der Waals surface area contributed by atoms with Crippen molar-refractivity contribution in [1.82, 2.24) is 4.98 Å². The van der Waals surface area contributed by atoms with Gasteiger partial charge in [0, 0.05) is 12.7 Å². The second kappa shape index (κ2) is 6.45. The Balaban J connectivity index is 2.02. The van der Waals surface area contributed by atoms with Crippen LogP contribution in [0.2, 0.25) is 5.02 Å². The average Bonchev–Trinajstić information content (AvgIpc) is 2.76. The lowest BCUT2D eigenvalue weighted by Crippen LogP contribution is -2.28. The van der Waals surface area contributed by atoms with Crippen molar-refractivity contribution in [1.29, 1.82) is 0 Å². The summed E-state index contributed by atoms with van der Waals surface area (Å²) >= 11 is 9.44. The molecule has 1 aliphatic carbocycles. The lowest BCUT2D eigenvalue weighted by molar-refractivity contribution is 0.252. The summed E-state index contributed by atoms with van der Waals surface area (Å²) in [5.74, 6) is 1.65. The van der Waals surface area contributed by atoms with Crippen LogP contribution in [-0.4, -0.2) is 11.5 Å². The van der Waals surface area contributed by atoms with Gasteiger partial charge in [-0.1, -0.05) is 38.3 Å². The number of nitrogens with zero attached hydrogens (tertiary/aromatic N) is 1. The van der Waals surface area contributed by atoms with Crippen LogP contribution in [0.3, 0.4) is 0 Å². The van der Waals surface area contributed by atoms with E-state index >= 15 is 0 Å². The number of pyridine rings is 1. The number of rotatable bonds is 5. The van der Waals surface area contributed by atoms with E-state index in [2.05, 4.69) is 40.1 Å². The zero-order chi connectivity index (χ0) is 13.9. The number of hydrogen-bond acceptors (Lipinski definition) is 2. The van der Waals surface area contributed by atoms with Crippen molar-refractivity contribution in [2.45, 2.75) is 46.0 Å². The molecule has 19 heavy (non-hydrogen) atoms. The highest BCUT2D eigenvalue weighted by molar-refractivity contribution is 9.10. The van der Waals surface area contributed by atoms with Crippen LogP contribution in [0.5, 0.6) is 0 Å². The van der Waals surface area contributed by atoms with E-state index in [0.29, 0.717) is 10.4 Å². The Morgan fingerprint density at radius 1 is 1.42 bits per heavy atom. The Morgan fingerprint density at radius 3 is 2.68 bits per heavy atom. The first-order valence-electron chi connectivity index (χ1n) is 7.06. The van der Waals surface area contributed by atoms with E-state index in [9.17, 15) is 0 Å². The number of aromatic nitrogens is 1. The smallest absolute Gasteiger partial charge is 0.140 e. The van der Waals surface area contributed by atoms with Crippen molar-refractivity contribution in [3.63, 3.8) is 0 Å². The van der Waals surface area contributed by atoms with E-state index in [4.69, 9.17) is 11.6 Å². The number of anilines is 1. The fraction of sp³-hybridized carbons (Fsp3) is 0.667. The molecule has 1 aliphatic rings. The quantitative estimate of drug-likeness (QED) is 0.760. The van der Waals surface area contributed by atoms with E-state index < -0.39 is 0 Å². The maximum absolute atomic E-state index is 5.92. The van der Waals surface area contributed by atoms with Crippen LogP contribution in [0.4, 0.5) is 5.82 Å². The molecule has 0 radical (unpaired) electrons. The van der Waals surface area contributed by atoms with Gasteiger partial charge in [-0.05, 0) is 52.6 Å². The van der Waals surface area contributed by atoms with Crippen molar-refractivity contribution in [3.05, 3.63) is 21.8 Å². The first kappa shape index (κ1) is 15.1. The summed E-state index contributed by atoms with van der Waals surface area (Å²) in [6.45, 7) is 5.64. The minimum Gasteiger partial charge on any atom is -0.369 e. The monoisotopic (exact) mass is 344 g/mol. The largest absolute Gasteiger partial charge is 0.369 e. The van der Waals surface area contributed by atoms with E-state index in [0.717, 1.165) is 22.8 Å². The summed E-state index contributed by atoms with van der Waals surface area (Å²) in [5.41, 5.74) is 0.453. The zero-order valence-corrected chi connectivity index (χ0v) is 14.0. The Hall–Kier alpha value is -0.280. The maximum Gasteiger partial charge on any atom is 0.140 e. The van der Waals surface area contributed by atoms with Crippen LogP contribution in [0.25, 0.3) is 0 Å². The highest BCUT2D eigenvalue weighted by Gasteiger charge is 2.34. The maximum atomic E-state index is 5.92. The third-order valence-electron chi connectivity index (χ3n) is 3.94. The van der Waals surface area contributed by atoms with Gasteiger partial charge in [-0.25, -0.2) is 4.98 Å². The van der Waals surface area contributed by atoms with Crippen LogP contribution in [0, 0.1) is 11.3 Å². The van der Waals surface area contributed by atoms with Crippen molar-refractivity contribution >= 4 is 33.3 Å². The third kappa shape index (κ3) is 4.09. The molecular formula is C15H22BrClN2. The first-order valence-corrected chi connectivity index (χ1v) is 8.23. The van der Waals surface area contributed by atoms with Gasteiger partial charge in [0.1, 0.15) is 5.82 Å². The van der Waals surface area contributed by atoms with Gasteiger partial charge in [-0.2, -0.15) is 0 Å². The molecule has 1 fully saturated rings. The zero-order valence-electron chi connectivity index (χ0n) is 11.7. The molecule has 1 aromatic rings. The molecule has 2 rings (SSSR count). The normalized spacial score (nSPS) is 17.9. The lowest BCUT2D eigenvalue weighted by Gasteiger charge is -2.31. The minimum absolute atomic E-state index is 0.453. The second-order valence-electron chi connectivity index (χ2n) is 6.14. The Kier molecular flexibility index (Phi) is 5.13. The highest BCUT2D eigenvalue weighted by Crippen LogP contribution is 2.43. The number of halogens is 2. The number of hydrogen-bond donors (Lipinski definition) is 1. The summed E-state index contributed by atoms with van der Waals surface area (Å²) in [4.78, 5) is 4.36. The molecule has 1 aromatic heterocycles. The Morgan fingerprint density at radius 2 is 2.11 bits per heavy atom. The SMILES string of the molecule is CC(C)CC1(CNc2ncc(Cl)cc2Br)CCCC1. The molecule has 0 spiro atoms. The van der Waals surface area contributed by atoms with E-state index in [1.807, 2.05) is 6.07 Å². The topological polar surface area (TPSA) is 24.9 Å². The predicted octanol–water partition coefficient (Wildman–Crippen LogP) is 5.52. The molecule has 106 valence electrons. The van der Waals surface area contributed by atoms with Gasteiger partial charge < -0.3 is 5.32 Å². The van der Waals surface area contributed by atoms with Crippen LogP contribution >= 0.6 is 27.5 Å². The summed E-state index contributed by atoms with van der Waals surface area (Å²) in [6, 6.07) is 1.89. The van der Waals surface area contributed by atoms with Gasteiger partial charge in [0.05, 0.1) is 9.50 Å². The van der Waals surface area contributed by atoms with Gasteiger partial charge >= 0.3 is 0 Å². The predicted molar refractivity (Wildman–Crippen MR) is 85.8 cm³/mol. The third-order valence-corrected chi connectivity index (χ3v) is 4.76. The molecule has 1 N–H and O–H groups in total. The van der Waals surface area contributed by atoms with Gasteiger partial charge in [0.25, 0.3) is 0 Å². The molecule has 0 aromatic carbocycles. The van der Waals surface area contributed by atoms with Gasteiger partial charge in [0.15, 0.2) is 0 Å². The van der Waals surface area contributed by atoms with Gasteiger partial charge in [-0.15, -0.1) is 0 Å². The van der Waals surface area contributed by atoms with Crippen molar-refractivity contribution in [2.75, 3.05) is 11.9 Å². The second-order valence-corrected chi connectivity index (χ2v) is 7.43. The van der Waals surface area contributed by atoms with E-state index in [-0.39, 0.29) is 0 Å². The molecule has 0 saturated heterocycles. The minimum atomic E-state index is 0.453. The van der Waals surface area contributed by atoms with Crippen molar-refractivity contribution < 1.29 is 0 Å². The van der Waals surface area contributed by atoms with Crippen LogP contribution in [0.15, 0.2) is 16.7 Å². The molecular weight excluding hydrogens is 324 g/mol. The van der Waals surface area contributed by atoms with Crippen LogP contribution in [0.1, 0.15) is 46.0 Å². The first-order chi connectivity index (χ1) is 9.01. The highest BCUT2D eigenvalue weighted by atomic mass is 79.9. The Bertz CT molecular complexity index is 428. The molecule has 0 unspecified atom stereocenters. The van der Waals surface area contributed by atoms with Gasteiger partial charge in [-0.3, -0.25) is 0 Å². The molecule has 4 heteroatoms. The van der Waals surface area contributed by atoms with E-state index in [1.165, 1.54) is 32.1 Å². The van der Waals surface area contributed by atoms with E-state index in [1.54, 1.807) is 6.20 Å². The summed E-state index contributed by atoms with van der Waals surface area (Å²) in [6.07, 6.45) is 8.39. The van der Waals surface area contributed by atoms with Crippen molar-refractivity contribution in [3.8, 4) is 0 Å². The van der Waals surface area contributed by atoms with Crippen LogP contribution in [-0.2, 0) is 0 Å². The fourth-order valence-corrected chi connectivity index (χ4v) is 4.04.